The van der Waals surface area contributed by atoms with Crippen molar-refractivity contribution in [1.29, 1.82) is 0 Å². The lowest BCUT2D eigenvalue weighted by atomic mass is 10.1. The molecular weight excluding hydrogens is 367 g/mol. The summed E-state index contributed by atoms with van der Waals surface area (Å²) < 4.78 is 72.9. The van der Waals surface area contributed by atoms with Gasteiger partial charge in [0.05, 0.1) is 9.39 Å². The van der Waals surface area contributed by atoms with Crippen LogP contribution in [0.4, 0.5) is 22.0 Å². The van der Waals surface area contributed by atoms with Crippen LogP contribution in [0.15, 0.2) is 42.5 Å². The number of hydrogen-bond acceptors (Lipinski definition) is 3. The number of ether oxygens (including phenoxy) is 1. The standard InChI is InChI=1S/C16H7F5OS2/c17-9-4-2-5-10(18)15(9)22-11-7-13(23)24-12-6-1-3-8(14(11)12)16(19,20)21/h1-7H. The second-order valence-corrected chi connectivity index (χ2v) is 6.54. The van der Waals surface area contributed by atoms with E-state index in [1.807, 2.05) is 0 Å². The van der Waals surface area contributed by atoms with Gasteiger partial charge >= 0.3 is 6.18 Å². The molecule has 1 nitrogen and oxygen atoms in total. The molecule has 0 bridgehead atoms. The van der Waals surface area contributed by atoms with Crippen molar-refractivity contribution >= 4 is 33.6 Å². The smallest absolute Gasteiger partial charge is 0.417 e. The van der Waals surface area contributed by atoms with Gasteiger partial charge in [-0.05, 0) is 24.3 Å². The average molecular weight is 374 g/mol. The van der Waals surface area contributed by atoms with E-state index in [4.69, 9.17) is 17.0 Å². The molecule has 0 saturated carbocycles. The van der Waals surface area contributed by atoms with Crippen LogP contribution in [-0.2, 0) is 6.18 Å². The monoisotopic (exact) mass is 374 g/mol. The van der Waals surface area contributed by atoms with Crippen LogP contribution in [0, 0.1) is 15.5 Å². The third-order valence-corrected chi connectivity index (χ3v) is 4.42. The molecule has 0 amide bonds. The Morgan fingerprint density at radius 3 is 2.21 bits per heavy atom. The molecule has 0 aliphatic carbocycles. The van der Waals surface area contributed by atoms with Gasteiger partial charge in [0, 0.05) is 16.2 Å². The molecule has 0 unspecified atom stereocenters. The van der Waals surface area contributed by atoms with Gasteiger partial charge in [-0.25, -0.2) is 8.78 Å². The van der Waals surface area contributed by atoms with E-state index in [9.17, 15) is 22.0 Å². The van der Waals surface area contributed by atoms with Crippen molar-refractivity contribution < 1.29 is 26.7 Å². The van der Waals surface area contributed by atoms with E-state index >= 15 is 0 Å². The molecular formula is C16H7F5OS2. The van der Waals surface area contributed by atoms with Crippen LogP contribution in [0.2, 0.25) is 0 Å². The highest BCUT2D eigenvalue weighted by atomic mass is 32.1. The van der Waals surface area contributed by atoms with Gasteiger partial charge in [0.1, 0.15) is 5.75 Å². The molecule has 0 N–H and O–H groups in total. The average Bonchev–Trinajstić information content (AvgIpc) is 2.49. The van der Waals surface area contributed by atoms with Crippen LogP contribution in [0.25, 0.3) is 10.1 Å². The summed E-state index contributed by atoms with van der Waals surface area (Å²) in [5.74, 6) is -3.16. The Kier molecular flexibility index (Phi) is 4.27. The van der Waals surface area contributed by atoms with Crippen LogP contribution < -0.4 is 4.74 Å². The predicted molar refractivity (Wildman–Crippen MR) is 84.1 cm³/mol. The van der Waals surface area contributed by atoms with Crippen molar-refractivity contribution in [2.24, 2.45) is 0 Å². The van der Waals surface area contributed by atoms with Gasteiger partial charge in [-0.15, -0.1) is 11.3 Å². The van der Waals surface area contributed by atoms with Crippen LogP contribution in [-0.4, -0.2) is 0 Å². The molecule has 3 rings (SSSR count). The summed E-state index contributed by atoms with van der Waals surface area (Å²) in [6.45, 7) is 0. The van der Waals surface area contributed by atoms with Gasteiger partial charge in [0.15, 0.2) is 17.4 Å². The van der Waals surface area contributed by atoms with Crippen LogP contribution in [0.5, 0.6) is 11.5 Å². The normalized spacial score (nSPS) is 11.7. The quantitative estimate of drug-likeness (QED) is 0.364. The van der Waals surface area contributed by atoms with E-state index in [2.05, 4.69) is 0 Å². The Morgan fingerprint density at radius 1 is 0.958 bits per heavy atom. The van der Waals surface area contributed by atoms with Gasteiger partial charge in [0.2, 0.25) is 0 Å². The zero-order valence-electron chi connectivity index (χ0n) is 11.7. The lowest BCUT2D eigenvalue weighted by Crippen LogP contribution is -2.06. The van der Waals surface area contributed by atoms with Gasteiger partial charge in [-0.2, -0.15) is 13.2 Å². The predicted octanol–water partition coefficient (Wildman–Crippen LogP) is 6.72. The van der Waals surface area contributed by atoms with Gasteiger partial charge < -0.3 is 4.74 Å². The number of para-hydroxylation sites is 1. The summed E-state index contributed by atoms with van der Waals surface area (Å²) in [6, 6.07) is 7.74. The number of hydrogen-bond donors (Lipinski definition) is 0. The van der Waals surface area contributed by atoms with Gasteiger partial charge in [0.25, 0.3) is 0 Å². The molecule has 124 valence electrons. The summed E-state index contributed by atoms with van der Waals surface area (Å²) in [5.41, 5.74) is -0.960. The minimum atomic E-state index is -4.65. The topological polar surface area (TPSA) is 9.23 Å². The van der Waals surface area contributed by atoms with E-state index < -0.39 is 29.1 Å². The van der Waals surface area contributed by atoms with Gasteiger partial charge in [-0.1, -0.05) is 24.4 Å². The minimum Gasteiger partial charge on any atom is -0.450 e. The SMILES string of the molecule is Fc1cccc(F)c1Oc1cc(=S)sc2cccc(C(F)(F)F)c12. The van der Waals surface area contributed by atoms with E-state index in [1.165, 1.54) is 12.1 Å². The first-order chi connectivity index (χ1) is 11.3. The Hall–Kier alpha value is -2.06. The number of benzene rings is 2. The van der Waals surface area contributed by atoms with Crippen molar-refractivity contribution in [3.8, 4) is 11.5 Å². The fourth-order valence-electron chi connectivity index (χ4n) is 2.19. The van der Waals surface area contributed by atoms with Gasteiger partial charge in [-0.3, -0.25) is 0 Å². The molecule has 1 aromatic heterocycles. The van der Waals surface area contributed by atoms with Crippen molar-refractivity contribution in [1.82, 2.24) is 0 Å². The van der Waals surface area contributed by atoms with Crippen LogP contribution in [0.3, 0.4) is 0 Å². The first kappa shape index (κ1) is 16.8. The molecule has 0 saturated heterocycles. The number of fused-ring (bicyclic) bond motifs is 1. The molecule has 24 heavy (non-hydrogen) atoms. The first-order valence-corrected chi connectivity index (χ1v) is 7.76. The molecule has 3 aromatic rings. The Morgan fingerprint density at radius 2 is 1.58 bits per heavy atom. The molecule has 0 spiro atoms. The summed E-state index contributed by atoms with van der Waals surface area (Å²) in [4.78, 5) is 0. The third kappa shape index (κ3) is 3.11. The molecule has 0 fully saturated rings. The van der Waals surface area contributed by atoms with E-state index in [1.54, 1.807) is 0 Å². The fraction of sp³-hybridized carbons (Fsp3) is 0.0625. The maximum atomic E-state index is 13.8. The number of rotatable bonds is 2. The molecule has 0 atom stereocenters. The Labute approximate surface area is 141 Å². The second kappa shape index (κ2) is 6.10. The van der Waals surface area contributed by atoms with Crippen LogP contribution in [0.1, 0.15) is 5.56 Å². The molecule has 8 heteroatoms. The zero-order valence-corrected chi connectivity index (χ0v) is 13.3. The maximum absolute atomic E-state index is 13.8. The summed E-state index contributed by atoms with van der Waals surface area (Å²) >= 11 is 5.97. The summed E-state index contributed by atoms with van der Waals surface area (Å²) in [6.07, 6.45) is -4.65. The van der Waals surface area contributed by atoms with Crippen LogP contribution >= 0.6 is 23.6 Å². The zero-order chi connectivity index (χ0) is 17.5. The number of alkyl halides is 3. The van der Waals surface area contributed by atoms with Crippen molar-refractivity contribution in [2.75, 3.05) is 0 Å². The maximum Gasteiger partial charge on any atom is 0.417 e. The summed E-state index contributed by atoms with van der Waals surface area (Å²) in [5, 5.41) is -0.286. The van der Waals surface area contributed by atoms with E-state index in [0.29, 0.717) is 0 Å². The first-order valence-electron chi connectivity index (χ1n) is 6.53. The van der Waals surface area contributed by atoms with E-state index in [0.717, 1.165) is 41.7 Å². The highest BCUT2D eigenvalue weighted by molar-refractivity contribution is 7.73. The minimum absolute atomic E-state index is 0.212. The highest BCUT2D eigenvalue weighted by Crippen LogP contribution is 2.42. The van der Waals surface area contributed by atoms with Crippen molar-refractivity contribution in [3.05, 3.63) is 63.5 Å². The largest absolute Gasteiger partial charge is 0.450 e. The van der Waals surface area contributed by atoms with Crippen molar-refractivity contribution in [3.63, 3.8) is 0 Å². The molecule has 0 aliphatic rings. The second-order valence-electron chi connectivity index (χ2n) is 4.76. The number of halogens is 5. The Bertz CT molecular complexity index is 958. The molecule has 1 heterocycles. The Balaban J connectivity index is 2.30. The highest BCUT2D eigenvalue weighted by Gasteiger charge is 2.34. The third-order valence-electron chi connectivity index (χ3n) is 3.17. The van der Waals surface area contributed by atoms with Crippen molar-refractivity contribution in [2.45, 2.75) is 6.18 Å². The summed E-state index contributed by atoms with van der Waals surface area (Å²) in [7, 11) is 0. The fourth-order valence-corrected chi connectivity index (χ4v) is 3.41. The molecule has 0 aliphatic heterocycles. The molecule has 0 radical (unpaired) electrons. The molecule has 2 aromatic carbocycles. The lowest BCUT2D eigenvalue weighted by Gasteiger charge is -2.14. The lowest BCUT2D eigenvalue weighted by molar-refractivity contribution is -0.136. The van der Waals surface area contributed by atoms with E-state index in [-0.39, 0.29) is 19.7 Å².